The van der Waals surface area contributed by atoms with Crippen LogP contribution in [0.15, 0.2) is 18.2 Å². The Morgan fingerprint density at radius 3 is 2.63 bits per heavy atom. The fourth-order valence-electron chi connectivity index (χ4n) is 1.66. The predicted molar refractivity (Wildman–Crippen MR) is 72.5 cm³/mol. The molecular formula is C13H19N3O3. The van der Waals surface area contributed by atoms with E-state index in [-0.39, 0.29) is 24.1 Å². The van der Waals surface area contributed by atoms with Crippen LogP contribution in [0.3, 0.4) is 0 Å². The minimum absolute atomic E-state index is 0.0474. The van der Waals surface area contributed by atoms with Gasteiger partial charge in [-0.05, 0) is 18.4 Å². The van der Waals surface area contributed by atoms with E-state index < -0.39 is 11.0 Å². The van der Waals surface area contributed by atoms with E-state index in [9.17, 15) is 14.9 Å². The maximum atomic E-state index is 11.7. The SMILES string of the molecule is Cc1c(CNC(=O)[C@@H](N)C(C)C)cccc1[N+](=O)[O-]. The molecule has 0 aliphatic rings. The Morgan fingerprint density at radius 1 is 1.47 bits per heavy atom. The summed E-state index contributed by atoms with van der Waals surface area (Å²) in [5.41, 5.74) is 7.06. The lowest BCUT2D eigenvalue weighted by Gasteiger charge is -2.15. The number of amides is 1. The van der Waals surface area contributed by atoms with Gasteiger partial charge in [0.1, 0.15) is 0 Å². The van der Waals surface area contributed by atoms with Gasteiger partial charge in [-0.25, -0.2) is 0 Å². The van der Waals surface area contributed by atoms with Crippen LogP contribution < -0.4 is 11.1 Å². The zero-order chi connectivity index (χ0) is 14.6. The number of nitro groups is 1. The second kappa shape index (κ2) is 6.29. The van der Waals surface area contributed by atoms with E-state index in [1.165, 1.54) is 6.07 Å². The quantitative estimate of drug-likeness (QED) is 0.622. The third-order valence-corrected chi connectivity index (χ3v) is 3.09. The lowest BCUT2D eigenvalue weighted by Crippen LogP contribution is -2.43. The van der Waals surface area contributed by atoms with Crippen LogP contribution in [-0.4, -0.2) is 16.9 Å². The van der Waals surface area contributed by atoms with Crippen molar-refractivity contribution in [3.05, 3.63) is 39.4 Å². The first-order chi connectivity index (χ1) is 8.84. The third kappa shape index (κ3) is 3.75. The average Bonchev–Trinajstić information content (AvgIpc) is 2.35. The van der Waals surface area contributed by atoms with Gasteiger partial charge in [0, 0.05) is 18.2 Å². The van der Waals surface area contributed by atoms with E-state index in [1.807, 2.05) is 13.8 Å². The number of nitrogens with two attached hydrogens (primary N) is 1. The molecule has 1 amide bonds. The molecule has 104 valence electrons. The summed E-state index contributed by atoms with van der Waals surface area (Å²) in [4.78, 5) is 22.1. The molecule has 0 spiro atoms. The summed E-state index contributed by atoms with van der Waals surface area (Å²) >= 11 is 0. The van der Waals surface area contributed by atoms with Crippen molar-refractivity contribution in [1.82, 2.24) is 5.32 Å². The largest absolute Gasteiger partial charge is 0.351 e. The molecule has 0 saturated heterocycles. The molecule has 0 aliphatic heterocycles. The highest BCUT2D eigenvalue weighted by Gasteiger charge is 2.18. The van der Waals surface area contributed by atoms with Crippen molar-refractivity contribution in [1.29, 1.82) is 0 Å². The van der Waals surface area contributed by atoms with Gasteiger partial charge in [-0.2, -0.15) is 0 Å². The van der Waals surface area contributed by atoms with Gasteiger partial charge in [0.15, 0.2) is 0 Å². The maximum absolute atomic E-state index is 11.7. The molecular weight excluding hydrogens is 246 g/mol. The molecule has 6 heteroatoms. The summed E-state index contributed by atoms with van der Waals surface area (Å²) in [6, 6.07) is 4.23. The van der Waals surface area contributed by atoms with Crippen LogP contribution in [0, 0.1) is 23.0 Å². The summed E-state index contributed by atoms with van der Waals surface area (Å²) in [5.74, 6) is -0.202. The van der Waals surface area contributed by atoms with Gasteiger partial charge in [0.2, 0.25) is 5.91 Å². The number of benzene rings is 1. The number of hydrogen-bond acceptors (Lipinski definition) is 4. The van der Waals surface area contributed by atoms with Crippen molar-refractivity contribution in [2.45, 2.75) is 33.4 Å². The van der Waals surface area contributed by atoms with Crippen molar-refractivity contribution < 1.29 is 9.72 Å². The summed E-state index contributed by atoms with van der Waals surface area (Å²) in [6.07, 6.45) is 0. The van der Waals surface area contributed by atoms with E-state index in [0.717, 1.165) is 5.56 Å². The van der Waals surface area contributed by atoms with Gasteiger partial charge in [0.05, 0.1) is 11.0 Å². The van der Waals surface area contributed by atoms with Gasteiger partial charge in [0.25, 0.3) is 5.69 Å². The number of carbonyl (C=O) groups is 1. The zero-order valence-corrected chi connectivity index (χ0v) is 11.3. The number of nitrogens with zero attached hydrogens (tertiary/aromatic N) is 1. The van der Waals surface area contributed by atoms with Crippen LogP contribution >= 0.6 is 0 Å². The highest BCUT2D eigenvalue weighted by molar-refractivity contribution is 5.81. The lowest BCUT2D eigenvalue weighted by molar-refractivity contribution is -0.385. The highest BCUT2D eigenvalue weighted by atomic mass is 16.6. The minimum atomic E-state index is -0.570. The van der Waals surface area contributed by atoms with Crippen LogP contribution in [-0.2, 0) is 11.3 Å². The molecule has 0 unspecified atom stereocenters. The molecule has 0 saturated carbocycles. The molecule has 1 atom stereocenters. The number of hydrogen-bond donors (Lipinski definition) is 2. The van der Waals surface area contributed by atoms with Crippen molar-refractivity contribution >= 4 is 11.6 Å². The van der Waals surface area contributed by atoms with Crippen molar-refractivity contribution in [3.63, 3.8) is 0 Å². The normalized spacial score (nSPS) is 12.3. The smallest absolute Gasteiger partial charge is 0.272 e. The molecule has 0 fully saturated rings. The van der Waals surface area contributed by atoms with Gasteiger partial charge in [-0.1, -0.05) is 26.0 Å². The lowest BCUT2D eigenvalue weighted by atomic mass is 10.0. The van der Waals surface area contributed by atoms with E-state index in [1.54, 1.807) is 19.1 Å². The van der Waals surface area contributed by atoms with Crippen molar-refractivity contribution in [2.24, 2.45) is 11.7 Å². The Hall–Kier alpha value is -1.95. The van der Waals surface area contributed by atoms with Crippen LogP contribution in [0.25, 0.3) is 0 Å². The van der Waals surface area contributed by atoms with Crippen LogP contribution in [0.4, 0.5) is 5.69 Å². The van der Waals surface area contributed by atoms with Gasteiger partial charge in [-0.15, -0.1) is 0 Å². The Labute approximate surface area is 112 Å². The van der Waals surface area contributed by atoms with E-state index in [2.05, 4.69) is 5.32 Å². The van der Waals surface area contributed by atoms with Crippen LogP contribution in [0.1, 0.15) is 25.0 Å². The summed E-state index contributed by atoms with van der Waals surface area (Å²) in [5, 5.41) is 13.5. The molecule has 6 nitrogen and oxygen atoms in total. The topological polar surface area (TPSA) is 98.3 Å². The molecule has 0 aliphatic carbocycles. The van der Waals surface area contributed by atoms with Gasteiger partial charge >= 0.3 is 0 Å². The maximum Gasteiger partial charge on any atom is 0.272 e. The van der Waals surface area contributed by atoms with Crippen LogP contribution in [0.5, 0.6) is 0 Å². The highest BCUT2D eigenvalue weighted by Crippen LogP contribution is 2.20. The predicted octanol–water partition coefficient (Wildman–Crippen LogP) is 1.50. The number of carbonyl (C=O) groups excluding carboxylic acids is 1. The average molecular weight is 265 g/mol. The number of rotatable bonds is 5. The Bertz CT molecular complexity index is 486. The van der Waals surface area contributed by atoms with Gasteiger partial charge < -0.3 is 11.1 Å². The summed E-state index contributed by atoms with van der Waals surface area (Å²) in [7, 11) is 0. The first kappa shape index (κ1) is 15.1. The first-order valence-electron chi connectivity index (χ1n) is 6.10. The monoisotopic (exact) mass is 265 g/mol. The van der Waals surface area contributed by atoms with E-state index in [0.29, 0.717) is 5.56 Å². The minimum Gasteiger partial charge on any atom is -0.351 e. The number of nitro benzene ring substituents is 1. The standard InChI is InChI=1S/C13H19N3O3/c1-8(2)12(14)13(17)15-7-10-5-4-6-11(9(10)3)16(18)19/h4-6,8,12H,7,14H2,1-3H3,(H,15,17)/t12-/m0/s1. The molecule has 0 radical (unpaired) electrons. The first-order valence-corrected chi connectivity index (χ1v) is 6.10. The number of nitrogens with one attached hydrogen (secondary N) is 1. The molecule has 1 aromatic rings. The van der Waals surface area contributed by atoms with Crippen molar-refractivity contribution in [3.8, 4) is 0 Å². The summed E-state index contributed by atoms with van der Waals surface area (Å²) < 4.78 is 0. The fraction of sp³-hybridized carbons (Fsp3) is 0.462. The third-order valence-electron chi connectivity index (χ3n) is 3.09. The zero-order valence-electron chi connectivity index (χ0n) is 11.3. The second-order valence-corrected chi connectivity index (χ2v) is 4.81. The Kier molecular flexibility index (Phi) is 5.00. The molecule has 0 heterocycles. The molecule has 0 bridgehead atoms. The van der Waals surface area contributed by atoms with Crippen LogP contribution in [0.2, 0.25) is 0 Å². The Balaban J connectivity index is 2.76. The fourth-order valence-corrected chi connectivity index (χ4v) is 1.66. The molecule has 19 heavy (non-hydrogen) atoms. The molecule has 1 aromatic carbocycles. The molecule has 1 rings (SSSR count). The second-order valence-electron chi connectivity index (χ2n) is 4.81. The van der Waals surface area contributed by atoms with E-state index >= 15 is 0 Å². The summed E-state index contributed by atoms with van der Waals surface area (Å²) in [6.45, 7) is 5.64. The van der Waals surface area contributed by atoms with Crippen molar-refractivity contribution in [2.75, 3.05) is 0 Å². The molecule has 3 N–H and O–H groups in total. The Morgan fingerprint density at radius 2 is 2.11 bits per heavy atom. The van der Waals surface area contributed by atoms with E-state index in [4.69, 9.17) is 5.73 Å². The van der Waals surface area contributed by atoms with Gasteiger partial charge in [-0.3, -0.25) is 14.9 Å². The molecule has 0 aromatic heterocycles.